The Morgan fingerprint density at radius 1 is 1.35 bits per heavy atom. The van der Waals surface area contributed by atoms with Gasteiger partial charge in [-0.3, -0.25) is 4.79 Å². The highest BCUT2D eigenvalue weighted by Crippen LogP contribution is 2.30. The SMILES string of the molecule is CCNC(=O)Nc1cccc2nn3c(C4CCNCC4)cc(=O)[nH]c3c12. The number of aromatic amines is 1. The van der Waals surface area contributed by atoms with Gasteiger partial charge >= 0.3 is 6.03 Å². The molecule has 0 aliphatic carbocycles. The van der Waals surface area contributed by atoms with E-state index in [1.54, 1.807) is 6.07 Å². The first-order valence-electron chi connectivity index (χ1n) is 8.97. The Balaban J connectivity index is 1.89. The number of urea groups is 1. The summed E-state index contributed by atoms with van der Waals surface area (Å²) in [6, 6.07) is 6.91. The van der Waals surface area contributed by atoms with Gasteiger partial charge in [-0.2, -0.15) is 5.10 Å². The van der Waals surface area contributed by atoms with Crippen molar-refractivity contribution in [3.63, 3.8) is 0 Å². The molecule has 136 valence electrons. The Morgan fingerprint density at radius 3 is 2.92 bits per heavy atom. The maximum atomic E-state index is 12.3. The van der Waals surface area contributed by atoms with Crippen LogP contribution in [-0.2, 0) is 0 Å². The predicted molar refractivity (Wildman–Crippen MR) is 101 cm³/mol. The number of fused-ring (bicyclic) bond motifs is 3. The van der Waals surface area contributed by atoms with Crippen molar-refractivity contribution in [1.29, 1.82) is 0 Å². The first-order chi connectivity index (χ1) is 12.7. The molecule has 3 aromatic rings. The Hall–Kier alpha value is -2.87. The molecule has 0 unspecified atom stereocenters. The number of anilines is 1. The smallest absolute Gasteiger partial charge is 0.319 e. The molecule has 26 heavy (non-hydrogen) atoms. The fraction of sp³-hybridized carbons (Fsp3) is 0.389. The van der Waals surface area contributed by atoms with E-state index in [-0.39, 0.29) is 17.5 Å². The van der Waals surface area contributed by atoms with E-state index in [1.165, 1.54) is 0 Å². The van der Waals surface area contributed by atoms with E-state index < -0.39 is 0 Å². The lowest BCUT2D eigenvalue weighted by Gasteiger charge is -2.23. The molecule has 4 N–H and O–H groups in total. The number of piperidine rings is 1. The number of rotatable bonds is 3. The lowest BCUT2D eigenvalue weighted by molar-refractivity contribution is 0.252. The average Bonchev–Trinajstić information content (AvgIpc) is 3.01. The lowest BCUT2D eigenvalue weighted by atomic mass is 9.94. The lowest BCUT2D eigenvalue weighted by Crippen LogP contribution is -2.28. The van der Waals surface area contributed by atoms with Crippen molar-refractivity contribution in [2.45, 2.75) is 25.7 Å². The normalized spacial score (nSPS) is 15.4. The van der Waals surface area contributed by atoms with Gasteiger partial charge in [0.25, 0.3) is 5.56 Å². The van der Waals surface area contributed by atoms with Crippen molar-refractivity contribution in [2.24, 2.45) is 0 Å². The van der Waals surface area contributed by atoms with E-state index in [9.17, 15) is 9.59 Å². The first kappa shape index (κ1) is 16.6. The van der Waals surface area contributed by atoms with Gasteiger partial charge in [-0.05, 0) is 45.0 Å². The number of aromatic nitrogens is 3. The Kier molecular flexibility index (Phi) is 4.34. The number of nitrogens with one attached hydrogen (secondary N) is 4. The summed E-state index contributed by atoms with van der Waals surface area (Å²) in [6.07, 6.45) is 1.94. The second kappa shape index (κ2) is 6.80. The summed E-state index contributed by atoms with van der Waals surface area (Å²) < 4.78 is 1.82. The maximum Gasteiger partial charge on any atom is 0.319 e. The quantitative estimate of drug-likeness (QED) is 0.576. The van der Waals surface area contributed by atoms with E-state index in [2.05, 4.69) is 20.9 Å². The van der Waals surface area contributed by atoms with E-state index in [0.717, 1.165) is 42.5 Å². The van der Waals surface area contributed by atoms with Gasteiger partial charge in [0.15, 0.2) is 0 Å². The van der Waals surface area contributed by atoms with Crippen molar-refractivity contribution < 1.29 is 4.79 Å². The number of nitrogens with zero attached hydrogens (tertiary/aromatic N) is 2. The zero-order valence-corrected chi connectivity index (χ0v) is 14.6. The molecule has 1 aliphatic heterocycles. The van der Waals surface area contributed by atoms with Gasteiger partial charge in [0, 0.05) is 18.5 Å². The van der Waals surface area contributed by atoms with Gasteiger partial charge in [-0.25, -0.2) is 9.31 Å². The summed E-state index contributed by atoms with van der Waals surface area (Å²) in [5, 5.41) is 14.4. The fourth-order valence-corrected chi connectivity index (χ4v) is 3.63. The molecule has 8 nitrogen and oxygen atoms in total. The molecule has 1 fully saturated rings. The molecule has 8 heteroatoms. The molecule has 1 aromatic carbocycles. The molecule has 0 radical (unpaired) electrons. The number of hydrogen-bond donors (Lipinski definition) is 4. The summed E-state index contributed by atoms with van der Waals surface area (Å²) in [5.41, 5.74) is 2.75. The predicted octanol–water partition coefficient (Wildman–Crippen LogP) is 1.78. The second-order valence-corrected chi connectivity index (χ2v) is 6.53. The molecule has 2 amide bonds. The van der Waals surface area contributed by atoms with E-state index in [0.29, 0.717) is 17.9 Å². The van der Waals surface area contributed by atoms with Gasteiger partial charge < -0.3 is 20.9 Å². The summed E-state index contributed by atoms with van der Waals surface area (Å²) in [7, 11) is 0. The molecular formula is C18H22N6O2. The zero-order chi connectivity index (χ0) is 18.1. The minimum absolute atomic E-state index is 0.152. The number of benzene rings is 1. The molecule has 1 saturated heterocycles. The molecule has 2 aromatic heterocycles. The van der Waals surface area contributed by atoms with Crippen LogP contribution < -0.4 is 21.5 Å². The number of hydrogen-bond acceptors (Lipinski definition) is 4. The molecule has 3 heterocycles. The summed E-state index contributed by atoms with van der Waals surface area (Å²) in [5.74, 6) is 0.287. The number of carbonyl (C=O) groups excluding carboxylic acids is 1. The standard InChI is InChI=1S/C18H22N6O2/c1-2-20-18(26)21-12-4-3-5-13-16(12)17-22-15(25)10-14(24(17)23-13)11-6-8-19-9-7-11/h3-5,10-11,19H,2,6-9H2,1H3,(H,22,25)(H2,20,21,26). The van der Waals surface area contributed by atoms with Crippen molar-refractivity contribution in [1.82, 2.24) is 25.2 Å². The number of carbonyl (C=O) groups is 1. The Labute approximate surface area is 150 Å². The van der Waals surface area contributed by atoms with E-state index in [1.807, 2.05) is 29.6 Å². The maximum absolute atomic E-state index is 12.3. The summed E-state index contributed by atoms with van der Waals surface area (Å²) in [4.78, 5) is 27.2. The van der Waals surface area contributed by atoms with Crippen molar-refractivity contribution >= 4 is 28.3 Å². The minimum Gasteiger partial charge on any atom is -0.338 e. The molecule has 0 bridgehead atoms. The van der Waals surface area contributed by atoms with Crippen LogP contribution in [0.2, 0.25) is 0 Å². The topological polar surface area (TPSA) is 103 Å². The fourth-order valence-electron chi connectivity index (χ4n) is 3.63. The van der Waals surface area contributed by atoms with Gasteiger partial charge in [0.1, 0.15) is 5.65 Å². The van der Waals surface area contributed by atoms with Crippen LogP contribution in [0.3, 0.4) is 0 Å². The highest BCUT2D eigenvalue weighted by molar-refractivity contribution is 6.07. The highest BCUT2D eigenvalue weighted by Gasteiger charge is 2.21. The number of amides is 2. The van der Waals surface area contributed by atoms with Crippen molar-refractivity contribution in [2.75, 3.05) is 25.0 Å². The zero-order valence-electron chi connectivity index (χ0n) is 14.6. The van der Waals surface area contributed by atoms with Crippen LogP contribution in [0.15, 0.2) is 29.1 Å². The third-order valence-corrected chi connectivity index (χ3v) is 4.81. The minimum atomic E-state index is -0.281. The van der Waals surface area contributed by atoms with Crippen LogP contribution in [0.25, 0.3) is 16.6 Å². The molecule has 1 aliphatic rings. The molecule has 0 atom stereocenters. The average molecular weight is 354 g/mol. The van der Waals surface area contributed by atoms with E-state index >= 15 is 0 Å². The summed E-state index contributed by atoms with van der Waals surface area (Å²) in [6.45, 7) is 4.26. The summed E-state index contributed by atoms with van der Waals surface area (Å²) >= 11 is 0. The third kappa shape index (κ3) is 2.92. The van der Waals surface area contributed by atoms with Crippen LogP contribution in [0.5, 0.6) is 0 Å². The van der Waals surface area contributed by atoms with Crippen molar-refractivity contribution in [3.05, 3.63) is 40.3 Å². The molecular weight excluding hydrogens is 332 g/mol. The first-order valence-corrected chi connectivity index (χ1v) is 8.97. The molecule has 4 rings (SSSR count). The van der Waals surface area contributed by atoms with Crippen LogP contribution in [0.4, 0.5) is 10.5 Å². The molecule has 0 saturated carbocycles. The van der Waals surface area contributed by atoms with Crippen molar-refractivity contribution in [3.8, 4) is 0 Å². The van der Waals surface area contributed by atoms with Crippen LogP contribution in [-0.4, -0.2) is 40.3 Å². The monoisotopic (exact) mass is 354 g/mol. The van der Waals surface area contributed by atoms with Gasteiger partial charge in [0.05, 0.1) is 22.3 Å². The largest absolute Gasteiger partial charge is 0.338 e. The number of H-pyrrole nitrogens is 1. The van der Waals surface area contributed by atoms with Crippen LogP contribution >= 0.6 is 0 Å². The Morgan fingerprint density at radius 2 is 2.15 bits per heavy atom. The van der Waals surface area contributed by atoms with Gasteiger partial charge in [-0.15, -0.1) is 0 Å². The van der Waals surface area contributed by atoms with Crippen LogP contribution in [0, 0.1) is 0 Å². The van der Waals surface area contributed by atoms with Crippen LogP contribution in [0.1, 0.15) is 31.4 Å². The third-order valence-electron chi connectivity index (χ3n) is 4.81. The van der Waals surface area contributed by atoms with Gasteiger partial charge in [-0.1, -0.05) is 6.07 Å². The second-order valence-electron chi connectivity index (χ2n) is 6.53. The van der Waals surface area contributed by atoms with E-state index in [4.69, 9.17) is 5.10 Å². The highest BCUT2D eigenvalue weighted by atomic mass is 16.2. The Bertz CT molecular complexity index is 1020. The molecule has 0 spiro atoms. The van der Waals surface area contributed by atoms with Gasteiger partial charge in [0.2, 0.25) is 0 Å².